The number of aromatic nitrogens is 3. The number of imidazole rings is 1. The average molecular weight is 272 g/mol. The first kappa shape index (κ1) is 12.3. The number of benzene rings is 1. The summed E-state index contributed by atoms with van der Waals surface area (Å²) < 4.78 is 28.6. The lowest BCUT2D eigenvalue weighted by atomic mass is 10.2. The molecule has 0 spiro atoms. The first-order valence-corrected chi connectivity index (χ1v) is 5.85. The lowest BCUT2D eigenvalue weighted by molar-refractivity contribution is 0.593. The molecule has 0 aliphatic heterocycles. The van der Waals surface area contributed by atoms with Gasteiger partial charge in [-0.25, -0.2) is 18.7 Å². The van der Waals surface area contributed by atoms with E-state index in [0.29, 0.717) is 17.1 Å². The van der Waals surface area contributed by atoms with Crippen LogP contribution in [-0.4, -0.2) is 14.5 Å². The average Bonchev–Trinajstić information content (AvgIpc) is 2.91. The van der Waals surface area contributed by atoms with Gasteiger partial charge in [-0.3, -0.25) is 4.57 Å². The Hall–Kier alpha value is -2.76. The van der Waals surface area contributed by atoms with Crippen molar-refractivity contribution >= 4 is 5.82 Å². The summed E-state index contributed by atoms with van der Waals surface area (Å²) in [5.41, 5.74) is 6.93. The molecule has 3 rings (SSSR count). The summed E-state index contributed by atoms with van der Waals surface area (Å²) in [6, 6.07) is 6.64. The number of nitrogens with zero attached hydrogens (tertiary/aromatic N) is 3. The third kappa shape index (κ3) is 2.11. The van der Waals surface area contributed by atoms with Crippen molar-refractivity contribution < 1.29 is 8.78 Å². The van der Waals surface area contributed by atoms with Crippen LogP contribution in [-0.2, 0) is 0 Å². The molecule has 0 aliphatic carbocycles. The number of halogens is 2. The molecule has 6 heteroatoms. The number of rotatable bonds is 2. The van der Waals surface area contributed by atoms with E-state index in [-0.39, 0.29) is 5.69 Å². The first-order chi connectivity index (χ1) is 9.65. The molecule has 3 aromatic rings. The van der Waals surface area contributed by atoms with Crippen LogP contribution in [0.25, 0.3) is 16.9 Å². The normalized spacial score (nSPS) is 10.7. The summed E-state index contributed by atoms with van der Waals surface area (Å²) in [6.45, 7) is 0. The van der Waals surface area contributed by atoms with Crippen LogP contribution in [0.3, 0.4) is 0 Å². The smallest absolute Gasteiger partial charge is 0.147 e. The molecular formula is C14H10F2N4. The van der Waals surface area contributed by atoms with E-state index in [9.17, 15) is 8.78 Å². The number of hydrogen-bond donors (Lipinski definition) is 1. The predicted molar refractivity (Wildman–Crippen MR) is 71.1 cm³/mol. The van der Waals surface area contributed by atoms with E-state index in [0.717, 1.165) is 18.2 Å². The minimum Gasteiger partial charge on any atom is -0.384 e. The third-order valence-electron chi connectivity index (χ3n) is 2.89. The summed E-state index contributed by atoms with van der Waals surface area (Å²) >= 11 is 0. The highest BCUT2D eigenvalue weighted by Gasteiger charge is 2.12. The third-order valence-corrected chi connectivity index (χ3v) is 2.89. The topological polar surface area (TPSA) is 56.7 Å². The Morgan fingerprint density at radius 2 is 1.90 bits per heavy atom. The standard InChI is InChI=1S/C14H10F2N4/c15-10-2-3-11(16)12(5-10)20-8-18-7-13(20)9-1-4-14(17)19-6-9/h1-8H,(H2,17,19). The van der Waals surface area contributed by atoms with Crippen molar-refractivity contribution in [1.29, 1.82) is 0 Å². The van der Waals surface area contributed by atoms with Gasteiger partial charge in [0.1, 0.15) is 17.5 Å². The van der Waals surface area contributed by atoms with Crippen LogP contribution in [0.4, 0.5) is 14.6 Å². The molecule has 20 heavy (non-hydrogen) atoms. The summed E-state index contributed by atoms with van der Waals surface area (Å²) in [5, 5.41) is 0. The van der Waals surface area contributed by atoms with Crippen molar-refractivity contribution in [2.24, 2.45) is 0 Å². The van der Waals surface area contributed by atoms with E-state index in [4.69, 9.17) is 5.73 Å². The van der Waals surface area contributed by atoms with Gasteiger partial charge in [-0.1, -0.05) is 0 Å². The van der Waals surface area contributed by atoms with Crippen molar-refractivity contribution in [3.63, 3.8) is 0 Å². The molecule has 0 saturated heterocycles. The van der Waals surface area contributed by atoms with Gasteiger partial charge in [0.15, 0.2) is 0 Å². The zero-order valence-corrected chi connectivity index (χ0v) is 10.3. The van der Waals surface area contributed by atoms with Gasteiger partial charge in [0.05, 0.1) is 23.9 Å². The monoisotopic (exact) mass is 272 g/mol. The minimum absolute atomic E-state index is 0.0920. The molecule has 0 aliphatic rings. The summed E-state index contributed by atoms with van der Waals surface area (Å²) in [5.74, 6) is -0.665. The summed E-state index contributed by atoms with van der Waals surface area (Å²) in [7, 11) is 0. The van der Waals surface area contributed by atoms with Crippen LogP contribution in [0.1, 0.15) is 0 Å². The molecule has 100 valence electrons. The van der Waals surface area contributed by atoms with Gasteiger partial charge in [0, 0.05) is 17.8 Å². The van der Waals surface area contributed by atoms with Crippen molar-refractivity contribution in [3.8, 4) is 16.9 Å². The molecule has 2 N–H and O–H groups in total. The molecule has 2 aromatic heterocycles. The lowest BCUT2D eigenvalue weighted by Gasteiger charge is -2.09. The van der Waals surface area contributed by atoms with Crippen molar-refractivity contribution in [1.82, 2.24) is 14.5 Å². The number of nitrogens with two attached hydrogens (primary N) is 1. The van der Waals surface area contributed by atoms with Gasteiger partial charge >= 0.3 is 0 Å². The van der Waals surface area contributed by atoms with Crippen LogP contribution in [0.2, 0.25) is 0 Å². The molecular weight excluding hydrogens is 262 g/mol. The van der Waals surface area contributed by atoms with E-state index < -0.39 is 11.6 Å². The Bertz CT molecular complexity index is 750. The van der Waals surface area contributed by atoms with E-state index in [2.05, 4.69) is 9.97 Å². The Labute approximate surface area is 113 Å². The number of pyridine rings is 1. The first-order valence-electron chi connectivity index (χ1n) is 5.85. The molecule has 0 fully saturated rings. The van der Waals surface area contributed by atoms with Crippen LogP contribution >= 0.6 is 0 Å². The number of anilines is 1. The van der Waals surface area contributed by atoms with Crippen LogP contribution in [0.15, 0.2) is 49.1 Å². The molecule has 0 saturated carbocycles. The fourth-order valence-electron chi connectivity index (χ4n) is 1.93. The minimum atomic E-state index is -0.533. The van der Waals surface area contributed by atoms with E-state index >= 15 is 0 Å². The fraction of sp³-hybridized carbons (Fsp3) is 0. The van der Waals surface area contributed by atoms with Gasteiger partial charge in [0.2, 0.25) is 0 Å². The maximum atomic E-state index is 13.8. The molecule has 0 atom stereocenters. The Kier molecular flexibility index (Phi) is 2.90. The second-order valence-electron chi connectivity index (χ2n) is 4.22. The van der Waals surface area contributed by atoms with Crippen molar-refractivity contribution in [2.45, 2.75) is 0 Å². The predicted octanol–water partition coefficient (Wildman–Crippen LogP) is 2.79. The van der Waals surface area contributed by atoms with E-state index in [1.54, 1.807) is 24.5 Å². The SMILES string of the molecule is Nc1ccc(-c2cncn2-c2cc(F)ccc2F)cn1. The van der Waals surface area contributed by atoms with Gasteiger partial charge < -0.3 is 5.73 Å². The zero-order chi connectivity index (χ0) is 14.1. The largest absolute Gasteiger partial charge is 0.384 e. The number of hydrogen-bond acceptors (Lipinski definition) is 3. The molecule has 0 bridgehead atoms. The molecule has 1 aromatic carbocycles. The van der Waals surface area contributed by atoms with Crippen LogP contribution in [0.5, 0.6) is 0 Å². The quantitative estimate of drug-likeness (QED) is 0.780. The molecule has 0 radical (unpaired) electrons. The molecule has 0 amide bonds. The second kappa shape index (κ2) is 4.73. The maximum Gasteiger partial charge on any atom is 0.147 e. The van der Waals surface area contributed by atoms with Gasteiger partial charge in [-0.2, -0.15) is 0 Å². The van der Waals surface area contributed by atoms with Crippen molar-refractivity contribution in [2.75, 3.05) is 5.73 Å². The highest BCUT2D eigenvalue weighted by molar-refractivity contribution is 5.62. The van der Waals surface area contributed by atoms with Gasteiger partial charge in [-0.05, 0) is 24.3 Å². The van der Waals surface area contributed by atoms with Gasteiger partial charge in [-0.15, -0.1) is 0 Å². The lowest BCUT2D eigenvalue weighted by Crippen LogP contribution is -2.00. The van der Waals surface area contributed by atoms with Crippen LogP contribution < -0.4 is 5.73 Å². The fourth-order valence-corrected chi connectivity index (χ4v) is 1.93. The highest BCUT2D eigenvalue weighted by Crippen LogP contribution is 2.24. The summed E-state index contributed by atoms with van der Waals surface area (Å²) in [6.07, 6.45) is 4.53. The second-order valence-corrected chi connectivity index (χ2v) is 4.22. The molecule has 4 nitrogen and oxygen atoms in total. The Morgan fingerprint density at radius 3 is 2.65 bits per heavy atom. The van der Waals surface area contributed by atoms with E-state index in [1.165, 1.54) is 10.9 Å². The molecule has 0 unspecified atom stereocenters. The number of nitrogen functional groups attached to an aromatic ring is 1. The summed E-state index contributed by atoms with van der Waals surface area (Å²) in [4.78, 5) is 7.96. The van der Waals surface area contributed by atoms with Gasteiger partial charge in [0.25, 0.3) is 0 Å². The van der Waals surface area contributed by atoms with E-state index in [1.807, 2.05) is 0 Å². The van der Waals surface area contributed by atoms with Crippen molar-refractivity contribution in [3.05, 3.63) is 60.7 Å². The maximum absolute atomic E-state index is 13.8. The Morgan fingerprint density at radius 1 is 1.05 bits per heavy atom. The Balaban J connectivity index is 2.15. The zero-order valence-electron chi connectivity index (χ0n) is 10.3. The highest BCUT2D eigenvalue weighted by atomic mass is 19.1. The molecule has 2 heterocycles. The van der Waals surface area contributed by atoms with Crippen LogP contribution in [0, 0.1) is 11.6 Å².